The Labute approximate surface area is 178 Å². The number of nitrogens with zero attached hydrogens (tertiary/aromatic N) is 1. The number of carbonyl (C=O) groups excluding carboxylic acids is 2. The minimum atomic E-state index is -0.515. The molecule has 0 amide bonds. The summed E-state index contributed by atoms with van der Waals surface area (Å²) in [6.45, 7) is 0. The summed E-state index contributed by atoms with van der Waals surface area (Å²) >= 11 is 0. The van der Waals surface area contributed by atoms with E-state index in [1.54, 1.807) is 72.8 Å². The van der Waals surface area contributed by atoms with Crippen molar-refractivity contribution in [1.82, 2.24) is 4.57 Å². The van der Waals surface area contributed by atoms with Crippen LogP contribution in [0.25, 0.3) is 16.9 Å². The lowest BCUT2D eigenvalue weighted by Crippen LogP contribution is -2.05. The molecule has 0 spiro atoms. The first-order chi connectivity index (χ1) is 15.0. The summed E-state index contributed by atoms with van der Waals surface area (Å²) in [5.41, 5.74) is 2.25. The van der Waals surface area contributed by atoms with E-state index in [-0.39, 0.29) is 5.56 Å². The topological polar surface area (TPSA) is 88.8 Å². The van der Waals surface area contributed by atoms with Gasteiger partial charge in [0.05, 0.1) is 18.4 Å². The first-order valence-corrected chi connectivity index (χ1v) is 9.51. The smallest absolute Gasteiger partial charge is 0.240 e. The van der Waals surface area contributed by atoms with Crippen molar-refractivity contribution in [2.75, 3.05) is 7.11 Å². The second-order valence-electron chi connectivity index (χ2n) is 6.86. The number of ketones is 1. The van der Waals surface area contributed by atoms with Crippen LogP contribution in [0.4, 0.5) is 0 Å². The summed E-state index contributed by atoms with van der Waals surface area (Å²) in [6, 6.07) is 22.0. The Morgan fingerprint density at radius 2 is 1.55 bits per heavy atom. The average Bonchev–Trinajstić information content (AvgIpc) is 3.09. The second-order valence-corrected chi connectivity index (χ2v) is 6.86. The van der Waals surface area contributed by atoms with Gasteiger partial charge >= 0.3 is 0 Å². The molecule has 154 valence electrons. The molecular weight excluding hydrogens is 394 g/mol. The molecule has 0 aliphatic rings. The average molecular weight is 413 g/mol. The zero-order chi connectivity index (χ0) is 22.0. The number of methoxy groups -OCH3 is 1. The van der Waals surface area contributed by atoms with Crippen molar-refractivity contribution in [3.05, 3.63) is 95.6 Å². The van der Waals surface area contributed by atoms with Gasteiger partial charge in [0.15, 0.2) is 11.5 Å². The van der Waals surface area contributed by atoms with E-state index in [0.29, 0.717) is 40.1 Å². The van der Waals surface area contributed by atoms with E-state index in [1.807, 2.05) is 6.07 Å². The van der Waals surface area contributed by atoms with Crippen molar-refractivity contribution in [2.45, 2.75) is 0 Å². The fourth-order valence-corrected chi connectivity index (χ4v) is 3.47. The van der Waals surface area contributed by atoms with Crippen LogP contribution < -0.4 is 4.74 Å². The third-order valence-electron chi connectivity index (χ3n) is 5.03. The molecule has 2 N–H and O–H groups in total. The highest BCUT2D eigenvalue weighted by Crippen LogP contribution is 2.44. The highest BCUT2D eigenvalue weighted by molar-refractivity contribution is 6.15. The zero-order valence-corrected chi connectivity index (χ0v) is 16.6. The van der Waals surface area contributed by atoms with Gasteiger partial charge in [0.25, 0.3) is 0 Å². The minimum absolute atomic E-state index is 0.0201. The van der Waals surface area contributed by atoms with Crippen molar-refractivity contribution < 1.29 is 24.5 Å². The molecule has 6 heteroatoms. The van der Waals surface area contributed by atoms with Crippen LogP contribution in [0.3, 0.4) is 0 Å². The number of hydrogen-bond donors (Lipinski definition) is 2. The SMILES string of the molecule is COc1ccc(C(=O)c2c(O)c(O)n(-c3ccc(C=O)cc3)c2-c2ccccc2)cc1. The molecule has 0 radical (unpaired) electrons. The quantitative estimate of drug-likeness (QED) is 0.356. The Hall–Kier alpha value is -4.32. The van der Waals surface area contributed by atoms with E-state index in [4.69, 9.17) is 4.74 Å². The summed E-state index contributed by atoms with van der Waals surface area (Å²) in [5.74, 6) is -0.828. The standard InChI is InChI=1S/C25H19NO5/c1-31-20-13-9-18(10-14-20)23(28)21-22(17-5-3-2-4-6-17)26(25(30)24(21)29)19-11-7-16(15-27)8-12-19/h2-15,29-30H,1H3. The van der Waals surface area contributed by atoms with Gasteiger partial charge in [-0.1, -0.05) is 30.3 Å². The molecule has 3 aromatic carbocycles. The van der Waals surface area contributed by atoms with Crippen LogP contribution in [0.5, 0.6) is 17.4 Å². The van der Waals surface area contributed by atoms with Gasteiger partial charge in [0.2, 0.25) is 5.88 Å². The first kappa shape index (κ1) is 20.0. The van der Waals surface area contributed by atoms with E-state index in [9.17, 15) is 19.8 Å². The van der Waals surface area contributed by atoms with E-state index in [0.717, 1.165) is 0 Å². The molecule has 4 rings (SSSR count). The molecule has 0 fully saturated rings. The maximum absolute atomic E-state index is 13.4. The van der Waals surface area contributed by atoms with E-state index >= 15 is 0 Å². The number of ether oxygens (including phenoxy) is 1. The van der Waals surface area contributed by atoms with Gasteiger partial charge in [-0.15, -0.1) is 0 Å². The molecule has 0 unspecified atom stereocenters. The van der Waals surface area contributed by atoms with Crippen LogP contribution in [0.15, 0.2) is 78.9 Å². The summed E-state index contributed by atoms with van der Waals surface area (Å²) in [6.07, 6.45) is 0.716. The molecule has 0 atom stereocenters. The summed E-state index contributed by atoms with van der Waals surface area (Å²) in [5, 5.41) is 21.6. The molecule has 0 saturated heterocycles. The van der Waals surface area contributed by atoms with Crippen molar-refractivity contribution in [2.24, 2.45) is 0 Å². The Morgan fingerprint density at radius 1 is 0.903 bits per heavy atom. The van der Waals surface area contributed by atoms with Gasteiger partial charge in [0, 0.05) is 16.8 Å². The van der Waals surface area contributed by atoms with Crippen LogP contribution in [0, 0.1) is 0 Å². The lowest BCUT2D eigenvalue weighted by Gasteiger charge is -2.12. The molecule has 0 bridgehead atoms. The fraction of sp³-hybridized carbons (Fsp3) is 0.0400. The number of aromatic nitrogens is 1. The maximum Gasteiger partial charge on any atom is 0.240 e. The number of carbonyl (C=O) groups is 2. The number of aromatic hydroxyl groups is 2. The predicted molar refractivity (Wildman–Crippen MR) is 116 cm³/mol. The molecule has 31 heavy (non-hydrogen) atoms. The summed E-state index contributed by atoms with van der Waals surface area (Å²) in [7, 11) is 1.53. The van der Waals surface area contributed by atoms with Gasteiger partial charge in [0.1, 0.15) is 12.0 Å². The van der Waals surface area contributed by atoms with Crippen LogP contribution in [-0.2, 0) is 0 Å². The zero-order valence-electron chi connectivity index (χ0n) is 16.6. The highest BCUT2D eigenvalue weighted by Gasteiger charge is 2.29. The Kier molecular flexibility index (Phi) is 5.28. The molecule has 4 aromatic rings. The van der Waals surface area contributed by atoms with Gasteiger partial charge < -0.3 is 14.9 Å². The third-order valence-corrected chi connectivity index (χ3v) is 5.03. The molecule has 0 saturated carbocycles. The predicted octanol–water partition coefficient (Wildman–Crippen LogP) is 4.61. The van der Waals surface area contributed by atoms with Gasteiger partial charge in [-0.05, 0) is 54.1 Å². The largest absolute Gasteiger partial charge is 0.503 e. The van der Waals surface area contributed by atoms with Crippen molar-refractivity contribution in [1.29, 1.82) is 0 Å². The third kappa shape index (κ3) is 3.55. The van der Waals surface area contributed by atoms with Gasteiger partial charge in [-0.3, -0.25) is 14.2 Å². The molecule has 6 nitrogen and oxygen atoms in total. The lowest BCUT2D eigenvalue weighted by molar-refractivity contribution is 0.103. The number of benzene rings is 3. The monoisotopic (exact) mass is 413 g/mol. The molecule has 0 aliphatic carbocycles. The number of aldehydes is 1. The van der Waals surface area contributed by atoms with Crippen LogP contribution in [0.2, 0.25) is 0 Å². The molecule has 0 aliphatic heterocycles. The number of hydrogen-bond acceptors (Lipinski definition) is 5. The molecular formula is C25H19NO5. The Bertz CT molecular complexity index is 1240. The van der Waals surface area contributed by atoms with Crippen molar-refractivity contribution >= 4 is 12.1 Å². The Balaban J connectivity index is 1.96. The number of rotatable bonds is 6. The highest BCUT2D eigenvalue weighted by atomic mass is 16.5. The van der Waals surface area contributed by atoms with Crippen LogP contribution in [-0.4, -0.2) is 34.0 Å². The fourth-order valence-electron chi connectivity index (χ4n) is 3.47. The van der Waals surface area contributed by atoms with Crippen molar-refractivity contribution in [3.8, 4) is 34.3 Å². The van der Waals surface area contributed by atoms with E-state index in [2.05, 4.69) is 0 Å². The first-order valence-electron chi connectivity index (χ1n) is 9.51. The minimum Gasteiger partial charge on any atom is -0.503 e. The lowest BCUT2D eigenvalue weighted by atomic mass is 9.99. The van der Waals surface area contributed by atoms with E-state index < -0.39 is 17.4 Å². The van der Waals surface area contributed by atoms with Crippen LogP contribution in [0.1, 0.15) is 26.3 Å². The maximum atomic E-state index is 13.4. The Morgan fingerprint density at radius 3 is 2.13 bits per heavy atom. The van der Waals surface area contributed by atoms with E-state index in [1.165, 1.54) is 11.7 Å². The summed E-state index contributed by atoms with van der Waals surface area (Å²) < 4.78 is 6.54. The molecule has 1 heterocycles. The van der Waals surface area contributed by atoms with Gasteiger partial charge in [-0.2, -0.15) is 0 Å². The normalized spacial score (nSPS) is 10.6. The van der Waals surface area contributed by atoms with Crippen molar-refractivity contribution in [3.63, 3.8) is 0 Å². The second kappa shape index (κ2) is 8.20. The van der Waals surface area contributed by atoms with Gasteiger partial charge in [-0.25, -0.2) is 0 Å². The van der Waals surface area contributed by atoms with Crippen LogP contribution >= 0.6 is 0 Å². The summed E-state index contributed by atoms with van der Waals surface area (Å²) in [4.78, 5) is 24.4. The molecule has 1 aromatic heterocycles.